The maximum absolute atomic E-state index is 12.6. The molecule has 1 N–H and O–H groups in total. The molecule has 24 heavy (non-hydrogen) atoms. The molecular formula is C20H25N3O. The van der Waals surface area contributed by atoms with Crippen molar-refractivity contribution in [2.45, 2.75) is 19.3 Å². The van der Waals surface area contributed by atoms with Gasteiger partial charge in [-0.05, 0) is 48.7 Å². The zero-order valence-corrected chi connectivity index (χ0v) is 14.5. The number of nitrogens with one attached hydrogen (secondary N) is 1. The van der Waals surface area contributed by atoms with E-state index in [2.05, 4.69) is 46.6 Å². The Morgan fingerprint density at radius 3 is 2.62 bits per heavy atom. The van der Waals surface area contributed by atoms with Gasteiger partial charge in [-0.2, -0.15) is 0 Å². The second-order valence-corrected chi connectivity index (χ2v) is 6.40. The molecule has 0 bridgehead atoms. The van der Waals surface area contributed by atoms with Crippen LogP contribution in [0, 0.1) is 0 Å². The fraction of sp³-hybridized carbons (Fsp3) is 0.350. The van der Waals surface area contributed by atoms with Crippen LogP contribution in [-0.4, -0.2) is 33.1 Å². The number of fused-ring (bicyclic) bond motifs is 1. The maximum atomic E-state index is 12.6. The Labute approximate surface area is 144 Å². The molecule has 1 amide bonds. The van der Waals surface area contributed by atoms with Gasteiger partial charge in [0.2, 0.25) is 5.91 Å². The van der Waals surface area contributed by atoms with E-state index in [-0.39, 0.29) is 5.91 Å². The zero-order valence-electron chi connectivity index (χ0n) is 14.5. The van der Waals surface area contributed by atoms with Crippen LogP contribution in [0.3, 0.4) is 0 Å². The lowest BCUT2D eigenvalue weighted by Crippen LogP contribution is -2.36. The average Bonchev–Trinajstić information content (AvgIpc) is 2.61. The second kappa shape index (κ2) is 7.39. The molecule has 1 heterocycles. The molecule has 3 rings (SSSR count). The number of nitrogens with zero attached hydrogens (tertiary/aromatic N) is 2. The Morgan fingerprint density at radius 1 is 1.12 bits per heavy atom. The second-order valence-electron chi connectivity index (χ2n) is 6.40. The van der Waals surface area contributed by atoms with E-state index < -0.39 is 0 Å². The Balaban J connectivity index is 1.55. The molecule has 0 aliphatic carbocycles. The summed E-state index contributed by atoms with van der Waals surface area (Å²) in [5.41, 5.74) is 4.59. The highest BCUT2D eigenvalue weighted by Crippen LogP contribution is 2.27. The minimum absolute atomic E-state index is 0.194. The van der Waals surface area contributed by atoms with Crippen molar-refractivity contribution in [3.8, 4) is 0 Å². The van der Waals surface area contributed by atoms with Gasteiger partial charge >= 0.3 is 0 Å². The molecule has 4 nitrogen and oxygen atoms in total. The number of anilines is 3. The third-order valence-electron chi connectivity index (χ3n) is 4.46. The predicted molar refractivity (Wildman–Crippen MR) is 101 cm³/mol. The summed E-state index contributed by atoms with van der Waals surface area (Å²) in [6, 6.07) is 16.5. The fourth-order valence-corrected chi connectivity index (χ4v) is 3.12. The lowest BCUT2D eigenvalue weighted by atomic mass is 10.0. The SMILES string of the molecule is CN(C)c1ccc(NCCC(=O)N2CCCc3ccccc32)cc1. The first kappa shape index (κ1) is 16.4. The van der Waals surface area contributed by atoms with Crippen LogP contribution in [-0.2, 0) is 11.2 Å². The minimum atomic E-state index is 0.194. The summed E-state index contributed by atoms with van der Waals surface area (Å²) in [6.07, 6.45) is 2.61. The summed E-state index contributed by atoms with van der Waals surface area (Å²) in [6.45, 7) is 1.48. The highest BCUT2D eigenvalue weighted by Gasteiger charge is 2.21. The van der Waals surface area contributed by atoms with E-state index in [9.17, 15) is 4.79 Å². The van der Waals surface area contributed by atoms with Crippen LogP contribution in [0.15, 0.2) is 48.5 Å². The summed E-state index contributed by atoms with van der Waals surface area (Å²) in [7, 11) is 4.05. The summed E-state index contributed by atoms with van der Waals surface area (Å²) in [4.78, 5) is 16.6. The van der Waals surface area contributed by atoms with Crippen LogP contribution in [0.5, 0.6) is 0 Å². The van der Waals surface area contributed by atoms with E-state index >= 15 is 0 Å². The van der Waals surface area contributed by atoms with Gasteiger partial charge in [0.05, 0.1) is 0 Å². The third kappa shape index (κ3) is 3.70. The van der Waals surface area contributed by atoms with Crippen LogP contribution in [0.25, 0.3) is 0 Å². The largest absolute Gasteiger partial charge is 0.385 e. The van der Waals surface area contributed by atoms with Gasteiger partial charge < -0.3 is 15.1 Å². The van der Waals surface area contributed by atoms with Crippen molar-refractivity contribution in [2.75, 3.05) is 42.3 Å². The molecule has 4 heteroatoms. The molecule has 0 atom stereocenters. The van der Waals surface area contributed by atoms with E-state index in [1.54, 1.807) is 0 Å². The lowest BCUT2D eigenvalue weighted by molar-refractivity contribution is -0.118. The van der Waals surface area contributed by atoms with Crippen LogP contribution >= 0.6 is 0 Å². The molecule has 0 unspecified atom stereocenters. The number of rotatable bonds is 5. The topological polar surface area (TPSA) is 35.6 Å². The first-order chi connectivity index (χ1) is 11.6. The van der Waals surface area contributed by atoms with E-state index in [4.69, 9.17) is 0 Å². The molecule has 1 aliphatic rings. The Kier molecular flexibility index (Phi) is 5.04. The van der Waals surface area contributed by atoms with Crippen molar-refractivity contribution in [3.05, 3.63) is 54.1 Å². The van der Waals surface area contributed by atoms with Gasteiger partial charge in [-0.3, -0.25) is 4.79 Å². The van der Waals surface area contributed by atoms with E-state index in [0.29, 0.717) is 13.0 Å². The molecule has 0 aromatic heterocycles. The normalized spacial score (nSPS) is 13.3. The van der Waals surface area contributed by atoms with Gasteiger partial charge in [-0.1, -0.05) is 18.2 Å². The molecule has 0 fully saturated rings. The highest BCUT2D eigenvalue weighted by molar-refractivity contribution is 5.94. The molecule has 126 valence electrons. The molecular weight excluding hydrogens is 298 g/mol. The fourth-order valence-electron chi connectivity index (χ4n) is 3.12. The lowest BCUT2D eigenvalue weighted by Gasteiger charge is -2.29. The molecule has 0 saturated heterocycles. The average molecular weight is 323 g/mol. The Morgan fingerprint density at radius 2 is 1.88 bits per heavy atom. The molecule has 0 radical (unpaired) electrons. The van der Waals surface area contributed by atoms with Crippen molar-refractivity contribution < 1.29 is 4.79 Å². The molecule has 2 aromatic carbocycles. The Bertz CT molecular complexity index is 694. The number of aryl methyl sites for hydroxylation is 1. The molecule has 1 aliphatic heterocycles. The summed E-state index contributed by atoms with van der Waals surface area (Å²) < 4.78 is 0. The minimum Gasteiger partial charge on any atom is -0.385 e. The predicted octanol–water partition coefficient (Wildman–Crippen LogP) is 3.53. The number of amides is 1. The van der Waals surface area contributed by atoms with Crippen LogP contribution in [0.1, 0.15) is 18.4 Å². The van der Waals surface area contributed by atoms with Gasteiger partial charge in [0.25, 0.3) is 0 Å². The summed E-state index contributed by atoms with van der Waals surface area (Å²) >= 11 is 0. The van der Waals surface area contributed by atoms with Gasteiger partial charge in [0.15, 0.2) is 0 Å². The van der Waals surface area contributed by atoms with Gasteiger partial charge in [-0.25, -0.2) is 0 Å². The Hall–Kier alpha value is -2.49. The van der Waals surface area contributed by atoms with Crippen molar-refractivity contribution in [1.82, 2.24) is 0 Å². The van der Waals surface area contributed by atoms with Crippen LogP contribution < -0.4 is 15.1 Å². The molecule has 0 spiro atoms. The molecule has 0 saturated carbocycles. The molecule has 2 aromatic rings. The zero-order chi connectivity index (χ0) is 16.9. The first-order valence-electron chi connectivity index (χ1n) is 8.54. The van der Waals surface area contributed by atoms with Crippen LogP contribution in [0.2, 0.25) is 0 Å². The first-order valence-corrected chi connectivity index (χ1v) is 8.54. The smallest absolute Gasteiger partial charge is 0.228 e. The van der Waals surface area contributed by atoms with Gasteiger partial charge in [-0.15, -0.1) is 0 Å². The van der Waals surface area contributed by atoms with Crippen molar-refractivity contribution in [3.63, 3.8) is 0 Å². The summed E-state index contributed by atoms with van der Waals surface area (Å²) in [5, 5.41) is 3.34. The standard InChI is InChI=1S/C20H25N3O/c1-22(2)18-11-9-17(10-12-18)21-14-13-20(24)23-15-5-7-16-6-3-4-8-19(16)23/h3-4,6,8-12,21H,5,7,13-15H2,1-2H3. The number of carbonyl (C=O) groups is 1. The van der Waals surface area contributed by atoms with Gasteiger partial charge in [0, 0.05) is 50.7 Å². The van der Waals surface area contributed by atoms with E-state index in [1.165, 1.54) is 11.3 Å². The van der Waals surface area contributed by atoms with Gasteiger partial charge in [0.1, 0.15) is 0 Å². The van der Waals surface area contributed by atoms with Crippen molar-refractivity contribution >= 4 is 23.0 Å². The van der Waals surface area contributed by atoms with Crippen LogP contribution in [0.4, 0.5) is 17.1 Å². The number of carbonyl (C=O) groups excluding carboxylic acids is 1. The number of benzene rings is 2. The summed E-state index contributed by atoms with van der Waals surface area (Å²) in [5.74, 6) is 0.194. The number of para-hydroxylation sites is 1. The van der Waals surface area contributed by atoms with E-state index in [0.717, 1.165) is 30.8 Å². The van der Waals surface area contributed by atoms with Crippen molar-refractivity contribution in [2.24, 2.45) is 0 Å². The van der Waals surface area contributed by atoms with E-state index in [1.807, 2.05) is 31.1 Å². The highest BCUT2D eigenvalue weighted by atomic mass is 16.2. The number of hydrogen-bond donors (Lipinski definition) is 1. The maximum Gasteiger partial charge on any atom is 0.228 e. The third-order valence-corrected chi connectivity index (χ3v) is 4.46. The monoisotopic (exact) mass is 323 g/mol. The quantitative estimate of drug-likeness (QED) is 0.914. The van der Waals surface area contributed by atoms with Crippen molar-refractivity contribution in [1.29, 1.82) is 0 Å². The number of hydrogen-bond acceptors (Lipinski definition) is 3.